The van der Waals surface area contributed by atoms with E-state index in [4.69, 9.17) is 0 Å². The Hall–Kier alpha value is -0.620. The van der Waals surface area contributed by atoms with E-state index in [1.807, 2.05) is 25.1 Å². The first kappa shape index (κ1) is 14.8. The van der Waals surface area contributed by atoms with Gasteiger partial charge in [-0.15, -0.1) is 0 Å². The molecule has 0 saturated carbocycles. The van der Waals surface area contributed by atoms with Crippen molar-refractivity contribution in [2.75, 3.05) is 26.2 Å². The van der Waals surface area contributed by atoms with Crippen molar-refractivity contribution in [3.63, 3.8) is 0 Å². The fraction of sp³-hybridized carbons (Fsp3) is 0.533. The van der Waals surface area contributed by atoms with Crippen LogP contribution in [0, 0.1) is 10.5 Å². The largest absolute Gasteiger partial charge is 0.351 e. The number of rotatable bonds is 4. The maximum Gasteiger partial charge on any atom is 0.252 e. The van der Waals surface area contributed by atoms with E-state index in [9.17, 15) is 4.79 Å². The van der Waals surface area contributed by atoms with Gasteiger partial charge >= 0.3 is 0 Å². The Morgan fingerprint density at radius 1 is 1.32 bits per heavy atom. The molecule has 0 bridgehead atoms. The van der Waals surface area contributed by atoms with Gasteiger partial charge in [0.05, 0.1) is 5.56 Å². The van der Waals surface area contributed by atoms with E-state index in [-0.39, 0.29) is 5.91 Å². The first-order chi connectivity index (χ1) is 9.16. The quantitative estimate of drug-likeness (QED) is 0.825. The maximum atomic E-state index is 12.1. The van der Waals surface area contributed by atoms with Gasteiger partial charge in [-0.2, -0.15) is 0 Å². The number of nitrogens with zero attached hydrogens (tertiary/aromatic N) is 1. The SMILES string of the molecule is Cc1ccc(C(=O)NCCN2CCCCC2)c(I)c1. The summed E-state index contributed by atoms with van der Waals surface area (Å²) in [4.78, 5) is 14.5. The van der Waals surface area contributed by atoms with Crippen molar-refractivity contribution in [2.45, 2.75) is 26.2 Å². The molecular weight excluding hydrogens is 351 g/mol. The van der Waals surface area contributed by atoms with E-state index in [1.54, 1.807) is 0 Å². The van der Waals surface area contributed by atoms with Crippen LogP contribution in [0.1, 0.15) is 35.2 Å². The fourth-order valence-corrected chi connectivity index (χ4v) is 3.33. The van der Waals surface area contributed by atoms with Crippen LogP contribution in [0.2, 0.25) is 0 Å². The number of likely N-dealkylation sites (tertiary alicyclic amines) is 1. The maximum absolute atomic E-state index is 12.1. The standard InChI is InChI=1S/C15H21IN2O/c1-12-5-6-13(14(16)11-12)15(19)17-7-10-18-8-3-2-4-9-18/h5-6,11H,2-4,7-10H2,1H3,(H,17,19). The number of amides is 1. The molecule has 104 valence electrons. The molecule has 1 aromatic carbocycles. The Labute approximate surface area is 128 Å². The van der Waals surface area contributed by atoms with Crippen molar-refractivity contribution >= 4 is 28.5 Å². The number of nitrogens with one attached hydrogen (secondary N) is 1. The zero-order valence-corrected chi connectivity index (χ0v) is 13.6. The summed E-state index contributed by atoms with van der Waals surface area (Å²) in [5, 5.41) is 3.02. The summed E-state index contributed by atoms with van der Waals surface area (Å²) >= 11 is 2.22. The van der Waals surface area contributed by atoms with Crippen molar-refractivity contribution < 1.29 is 4.79 Å². The van der Waals surface area contributed by atoms with Crippen molar-refractivity contribution in [3.05, 3.63) is 32.9 Å². The number of hydrogen-bond acceptors (Lipinski definition) is 2. The molecule has 0 atom stereocenters. The van der Waals surface area contributed by atoms with Crippen LogP contribution in [0.3, 0.4) is 0 Å². The van der Waals surface area contributed by atoms with Crippen molar-refractivity contribution in [2.24, 2.45) is 0 Å². The second kappa shape index (κ2) is 7.24. The average Bonchev–Trinajstić information content (AvgIpc) is 2.39. The highest BCUT2D eigenvalue weighted by atomic mass is 127. The van der Waals surface area contributed by atoms with Gasteiger partial charge in [-0.25, -0.2) is 0 Å². The van der Waals surface area contributed by atoms with Crippen LogP contribution in [0.4, 0.5) is 0 Å². The Bertz CT molecular complexity index is 442. The van der Waals surface area contributed by atoms with Crippen LogP contribution in [0.25, 0.3) is 0 Å². The molecule has 1 saturated heterocycles. The Balaban J connectivity index is 1.80. The predicted octanol–water partition coefficient (Wildman–Crippen LogP) is 2.82. The molecular formula is C15H21IN2O. The van der Waals surface area contributed by atoms with Crippen LogP contribution in [0.15, 0.2) is 18.2 Å². The van der Waals surface area contributed by atoms with Crippen molar-refractivity contribution in [1.82, 2.24) is 10.2 Å². The number of piperidine rings is 1. The van der Waals surface area contributed by atoms with E-state index >= 15 is 0 Å². The van der Waals surface area contributed by atoms with E-state index in [0.717, 1.165) is 22.2 Å². The van der Waals surface area contributed by atoms with E-state index in [0.29, 0.717) is 0 Å². The highest BCUT2D eigenvalue weighted by molar-refractivity contribution is 14.1. The lowest BCUT2D eigenvalue weighted by Gasteiger charge is -2.26. The number of carbonyl (C=O) groups excluding carboxylic acids is 1. The van der Waals surface area contributed by atoms with Gasteiger partial charge in [0.2, 0.25) is 0 Å². The highest BCUT2D eigenvalue weighted by Crippen LogP contribution is 2.14. The van der Waals surface area contributed by atoms with Gasteiger partial charge in [0, 0.05) is 16.7 Å². The average molecular weight is 372 g/mol. The molecule has 19 heavy (non-hydrogen) atoms. The van der Waals surface area contributed by atoms with Gasteiger partial charge in [0.15, 0.2) is 0 Å². The van der Waals surface area contributed by atoms with Gasteiger partial charge < -0.3 is 10.2 Å². The second-order valence-electron chi connectivity index (χ2n) is 5.14. The molecule has 0 aromatic heterocycles. The third kappa shape index (κ3) is 4.45. The molecule has 1 N–H and O–H groups in total. The zero-order valence-electron chi connectivity index (χ0n) is 11.4. The molecule has 1 heterocycles. The predicted molar refractivity (Wildman–Crippen MR) is 86.5 cm³/mol. The third-order valence-corrected chi connectivity index (χ3v) is 4.42. The number of aryl methyl sites for hydroxylation is 1. The zero-order chi connectivity index (χ0) is 13.7. The molecule has 1 fully saturated rings. The minimum Gasteiger partial charge on any atom is -0.351 e. The summed E-state index contributed by atoms with van der Waals surface area (Å²) < 4.78 is 1.02. The second-order valence-corrected chi connectivity index (χ2v) is 6.30. The summed E-state index contributed by atoms with van der Waals surface area (Å²) in [7, 11) is 0. The van der Waals surface area contributed by atoms with Crippen LogP contribution in [-0.4, -0.2) is 37.0 Å². The Morgan fingerprint density at radius 3 is 2.74 bits per heavy atom. The lowest BCUT2D eigenvalue weighted by Crippen LogP contribution is -2.37. The number of halogens is 1. The van der Waals surface area contributed by atoms with Crippen molar-refractivity contribution in [3.8, 4) is 0 Å². The van der Waals surface area contributed by atoms with Crippen molar-refractivity contribution in [1.29, 1.82) is 0 Å². The summed E-state index contributed by atoms with van der Waals surface area (Å²) in [6, 6.07) is 5.94. The molecule has 0 spiro atoms. The first-order valence-corrected chi connectivity index (χ1v) is 8.01. The monoisotopic (exact) mass is 372 g/mol. The number of hydrogen-bond donors (Lipinski definition) is 1. The normalized spacial score (nSPS) is 16.3. The Kier molecular flexibility index (Phi) is 5.63. The van der Waals surface area contributed by atoms with Crippen LogP contribution in [0.5, 0.6) is 0 Å². The molecule has 0 aliphatic carbocycles. The molecule has 1 aliphatic heterocycles. The molecule has 1 aromatic rings. The van der Waals surface area contributed by atoms with Crippen LogP contribution >= 0.6 is 22.6 Å². The Morgan fingerprint density at radius 2 is 2.05 bits per heavy atom. The fourth-order valence-electron chi connectivity index (χ4n) is 2.41. The molecule has 3 nitrogen and oxygen atoms in total. The molecule has 0 unspecified atom stereocenters. The minimum atomic E-state index is 0.0430. The molecule has 2 rings (SSSR count). The molecule has 1 amide bonds. The molecule has 4 heteroatoms. The van der Waals surface area contributed by atoms with E-state index in [2.05, 4.69) is 32.8 Å². The van der Waals surface area contributed by atoms with Gasteiger partial charge in [-0.05, 0) is 67.6 Å². The van der Waals surface area contributed by atoms with Crippen LogP contribution < -0.4 is 5.32 Å². The van der Waals surface area contributed by atoms with Gasteiger partial charge in [-0.1, -0.05) is 18.1 Å². The summed E-state index contributed by atoms with van der Waals surface area (Å²) in [6.07, 6.45) is 3.94. The first-order valence-electron chi connectivity index (χ1n) is 6.93. The molecule has 1 aliphatic rings. The van der Waals surface area contributed by atoms with Crippen LogP contribution in [-0.2, 0) is 0 Å². The smallest absolute Gasteiger partial charge is 0.252 e. The lowest BCUT2D eigenvalue weighted by molar-refractivity contribution is 0.0945. The highest BCUT2D eigenvalue weighted by Gasteiger charge is 2.12. The van der Waals surface area contributed by atoms with Gasteiger partial charge in [-0.3, -0.25) is 4.79 Å². The summed E-state index contributed by atoms with van der Waals surface area (Å²) in [5.74, 6) is 0.0430. The minimum absolute atomic E-state index is 0.0430. The van der Waals surface area contributed by atoms with Gasteiger partial charge in [0.25, 0.3) is 5.91 Å². The third-order valence-electron chi connectivity index (χ3n) is 3.53. The van der Waals surface area contributed by atoms with E-state index in [1.165, 1.54) is 37.9 Å². The summed E-state index contributed by atoms with van der Waals surface area (Å²) in [6.45, 7) is 6.10. The number of benzene rings is 1. The van der Waals surface area contributed by atoms with Gasteiger partial charge in [0.1, 0.15) is 0 Å². The lowest BCUT2D eigenvalue weighted by atomic mass is 10.1. The molecule has 0 radical (unpaired) electrons. The summed E-state index contributed by atoms with van der Waals surface area (Å²) in [5.41, 5.74) is 1.97. The topological polar surface area (TPSA) is 32.3 Å². The number of carbonyl (C=O) groups is 1. The van der Waals surface area contributed by atoms with E-state index < -0.39 is 0 Å².